The SMILES string of the molecule is CCC(=O)Nc1ccc2c(c1)OC[C@@H](C)N(Cc1ccc(-c3ccccn3)cc1)C[C@@H](C)[C@H](OC)CN(C)C2=O. The van der Waals surface area contributed by atoms with Crippen LogP contribution < -0.4 is 10.1 Å². The van der Waals surface area contributed by atoms with E-state index < -0.39 is 0 Å². The molecule has 2 amide bonds. The van der Waals surface area contributed by atoms with Gasteiger partial charge in [0.15, 0.2) is 0 Å². The van der Waals surface area contributed by atoms with E-state index in [1.807, 2.05) is 18.2 Å². The first-order chi connectivity index (χ1) is 19.3. The first kappa shape index (κ1) is 29.2. The van der Waals surface area contributed by atoms with Gasteiger partial charge < -0.3 is 19.7 Å². The maximum absolute atomic E-state index is 13.4. The molecule has 0 unspecified atom stereocenters. The van der Waals surface area contributed by atoms with E-state index in [-0.39, 0.29) is 29.9 Å². The van der Waals surface area contributed by atoms with Gasteiger partial charge in [-0.2, -0.15) is 0 Å². The monoisotopic (exact) mass is 544 g/mol. The number of methoxy groups -OCH3 is 1. The van der Waals surface area contributed by atoms with E-state index in [4.69, 9.17) is 9.47 Å². The van der Waals surface area contributed by atoms with Crippen LogP contribution in [-0.4, -0.2) is 72.6 Å². The number of hydrogen-bond donors (Lipinski definition) is 1. The molecule has 40 heavy (non-hydrogen) atoms. The fraction of sp³-hybridized carbons (Fsp3) is 0.406. The number of hydrogen-bond acceptors (Lipinski definition) is 6. The van der Waals surface area contributed by atoms with Gasteiger partial charge in [0.05, 0.1) is 17.4 Å². The smallest absolute Gasteiger partial charge is 0.257 e. The standard InChI is InChI=1S/C32H40N4O4/c1-6-31(37)34-26-14-15-27-29(17-26)40-21-23(3)36(18-22(2)30(39-5)20-35(4)32(27)38)19-24-10-12-25(13-11-24)28-9-7-8-16-33-28/h7-17,22-23,30H,6,18-21H2,1-5H3,(H,34,37)/t22-,23-,30-/m1/s1. The van der Waals surface area contributed by atoms with Crippen LogP contribution in [0.5, 0.6) is 5.75 Å². The zero-order valence-corrected chi connectivity index (χ0v) is 24.1. The summed E-state index contributed by atoms with van der Waals surface area (Å²) in [6.45, 7) is 8.44. The largest absolute Gasteiger partial charge is 0.491 e. The lowest BCUT2D eigenvalue weighted by Gasteiger charge is -2.36. The topological polar surface area (TPSA) is 84.0 Å². The van der Waals surface area contributed by atoms with Crippen molar-refractivity contribution < 1.29 is 19.1 Å². The lowest BCUT2D eigenvalue weighted by atomic mass is 10.0. The molecule has 2 aromatic carbocycles. The molecule has 1 aliphatic rings. The third-order valence-electron chi connectivity index (χ3n) is 7.48. The van der Waals surface area contributed by atoms with E-state index in [1.165, 1.54) is 5.56 Å². The van der Waals surface area contributed by atoms with Crippen molar-refractivity contribution in [1.82, 2.24) is 14.8 Å². The fourth-order valence-corrected chi connectivity index (χ4v) is 4.94. The van der Waals surface area contributed by atoms with Crippen LogP contribution in [0.25, 0.3) is 11.3 Å². The first-order valence-corrected chi connectivity index (χ1v) is 13.9. The van der Waals surface area contributed by atoms with Crippen LogP contribution in [0, 0.1) is 5.92 Å². The minimum Gasteiger partial charge on any atom is -0.491 e. The van der Waals surface area contributed by atoms with Gasteiger partial charge in [0.1, 0.15) is 12.4 Å². The second kappa shape index (κ2) is 13.5. The molecular formula is C32H40N4O4. The predicted octanol–water partition coefficient (Wildman–Crippen LogP) is 5.10. The zero-order chi connectivity index (χ0) is 28.6. The summed E-state index contributed by atoms with van der Waals surface area (Å²) in [5, 5.41) is 2.87. The Balaban J connectivity index is 1.60. The molecule has 4 rings (SSSR count). The molecule has 0 fully saturated rings. The van der Waals surface area contributed by atoms with Gasteiger partial charge in [0.2, 0.25) is 5.91 Å². The summed E-state index contributed by atoms with van der Waals surface area (Å²) >= 11 is 0. The number of rotatable bonds is 6. The molecule has 1 N–H and O–H groups in total. The van der Waals surface area contributed by atoms with E-state index in [1.54, 1.807) is 50.4 Å². The van der Waals surface area contributed by atoms with Crippen molar-refractivity contribution in [2.75, 3.05) is 39.2 Å². The maximum Gasteiger partial charge on any atom is 0.257 e. The van der Waals surface area contributed by atoms with Gasteiger partial charge in [0, 0.05) is 69.8 Å². The highest BCUT2D eigenvalue weighted by atomic mass is 16.5. The van der Waals surface area contributed by atoms with E-state index in [9.17, 15) is 9.59 Å². The van der Waals surface area contributed by atoms with Crippen molar-refractivity contribution in [3.05, 3.63) is 78.0 Å². The van der Waals surface area contributed by atoms with E-state index in [0.717, 1.165) is 24.3 Å². The molecule has 3 aromatic rings. The van der Waals surface area contributed by atoms with Crippen LogP contribution in [0.3, 0.4) is 0 Å². The van der Waals surface area contributed by atoms with Crippen LogP contribution in [0.1, 0.15) is 43.1 Å². The first-order valence-electron chi connectivity index (χ1n) is 13.9. The van der Waals surface area contributed by atoms with Crippen LogP contribution in [-0.2, 0) is 16.1 Å². The van der Waals surface area contributed by atoms with E-state index >= 15 is 0 Å². The summed E-state index contributed by atoms with van der Waals surface area (Å²) in [7, 11) is 3.49. The van der Waals surface area contributed by atoms with Crippen molar-refractivity contribution in [2.45, 2.75) is 45.9 Å². The molecular weight excluding hydrogens is 504 g/mol. The number of pyridine rings is 1. The fourth-order valence-electron chi connectivity index (χ4n) is 4.94. The van der Waals surface area contributed by atoms with Gasteiger partial charge in [-0.3, -0.25) is 19.5 Å². The summed E-state index contributed by atoms with van der Waals surface area (Å²) < 4.78 is 12.2. The number of fused-ring (bicyclic) bond motifs is 1. The Labute approximate surface area is 237 Å². The number of amides is 2. The summed E-state index contributed by atoms with van der Waals surface area (Å²) in [6, 6.07) is 19.7. The van der Waals surface area contributed by atoms with E-state index in [0.29, 0.717) is 36.6 Å². The predicted molar refractivity (Wildman–Crippen MR) is 157 cm³/mol. The molecule has 1 aliphatic heterocycles. The average molecular weight is 545 g/mol. The Hall–Kier alpha value is -3.75. The van der Waals surface area contributed by atoms with Gasteiger partial charge in [-0.1, -0.05) is 44.2 Å². The minimum atomic E-state index is -0.143. The Kier molecular flexibility index (Phi) is 9.90. The average Bonchev–Trinajstić information content (AvgIpc) is 2.98. The summed E-state index contributed by atoms with van der Waals surface area (Å²) in [4.78, 5) is 33.9. The Morgan fingerprint density at radius 2 is 1.88 bits per heavy atom. The summed E-state index contributed by atoms with van der Waals surface area (Å²) in [6.07, 6.45) is 2.03. The van der Waals surface area contributed by atoms with Gasteiger partial charge in [-0.15, -0.1) is 0 Å². The van der Waals surface area contributed by atoms with Gasteiger partial charge in [0.25, 0.3) is 5.91 Å². The quantitative estimate of drug-likeness (QED) is 0.465. The normalized spacial score (nSPS) is 20.6. The molecule has 0 saturated carbocycles. The van der Waals surface area contributed by atoms with Crippen molar-refractivity contribution >= 4 is 17.5 Å². The highest BCUT2D eigenvalue weighted by Gasteiger charge is 2.28. The van der Waals surface area contributed by atoms with Gasteiger partial charge in [-0.05, 0) is 42.7 Å². The maximum atomic E-state index is 13.4. The van der Waals surface area contributed by atoms with Crippen molar-refractivity contribution in [3.8, 4) is 17.0 Å². The van der Waals surface area contributed by atoms with Crippen molar-refractivity contribution in [1.29, 1.82) is 0 Å². The van der Waals surface area contributed by atoms with Crippen LogP contribution in [0.15, 0.2) is 66.9 Å². The molecule has 0 aliphatic carbocycles. The number of nitrogens with zero attached hydrogens (tertiary/aromatic N) is 3. The molecule has 212 valence electrons. The molecule has 3 atom stereocenters. The van der Waals surface area contributed by atoms with Crippen LogP contribution in [0.2, 0.25) is 0 Å². The molecule has 8 heteroatoms. The lowest BCUT2D eigenvalue weighted by Crippen LogP contribution is -2.46. The van der Waals surface area contributed by atoms with E-state index in [2.05, 4.69) is 53.3 Å². The zero-order valence-electron chi connectivity index (χ0n) is 24.1. The third-order valence-corrected chi connectivity index (χ3v) is 7.48. The number of carbonyl (C=O) groups excluding carboxylic acids is 2. The van der Waals surface area contributed by atoms with Crippen molar-refractivity contribution in [2.24, 2.45) is 5.92 Å². The van der Waals surface area contributed by atoms with Crippen molar-refractivity contribution in [3.63, 3.8) is 0 Å². The number of nitrogens with one attached hydrogen (secondary N) is 1. The molecule has 0 bridgehead atoms. The number of ether oxygens (including phenoxy) is 2. The Morgan fingerprint density at radius 1 is 1.10 bits per heavy atom. The summed E-state index contributed by atoms with van der Waals surface area (Å²) in [5.74, 6) is 0.388. The highest BCUT2D eigenvalue weighted by molar-refractivity contribution is 5.98. The number of benzene rings is 2. The van der Waals surface area contributed by atoms with Gasteiger partial charge in [-0.25, -0.2) is 0 Å². The molecule has 0 radical (unpaired) electrons. The number of aromatic nitrogens is 1. The molecule has 2 heterocycles. The number of anilines is 1. The number of carbonyl (C=O) groups is 2. The minimum absolute atomic E-state index is 0.0458. The molecule has 1 aromatic heterocycles. The van der Waals surface area contributed by atoms with Crippen LogP contribution >= 0.6 is 0 Å². The Bertz CT molecular complexity index is 1280. The molecule has 0 spiro atoms. The highest BCUT2D eigenvalue weighted by Crippen LogP contribution is 2.27. The van der Waals surface area contributed by atoms with Gasteiger partial charge >= 0.3 is 0 Å². The van der Waals surface area contributed by atoms with Crippen LogP contribution in [0.4, 0.5) is 5.69 Å². The molecule has 0 saturated heterocycles. The third kappa shape index (κ3) is 7.25. The Morgan fingerprint density at radius 3 is 2.55 bits per heavy atom. The lowest BCUT2D eigenvalue weighted by molar-refractivity contribution is -0.115. The number of likely N-dealkylation sites (N-methyl/N-ethyl adjacent to an activating group) is 1. The molecule has 8 nitrogen and oxygen atoms in total. The summed E-state index contributed by atoms with van der Waals surface area (Å²) in [5.41, 5.74) is 4.29. The second-order valence-electron chi connectivity index (χ2n) is 10.6. The second-order valence-corrected chi connectivity index (χ2v) is 10.6.